The van der Waals surface area contributed by atoms with E-state index in [0.717, 1.165) is 5.56 Å². The Balaban J connectivity index is 3.11. The van der Waals surface area contributed by atoms with E-state index in [1.54, 1.807) is 26.4 Å². The molecule has 1 aromatic carbocycles. The number of carbonyl (C=O) groups excluding carboxylic acids is 1. The third kappa shape index (κ3) is 2.61. The highest BCUT2D eigenvalue weighted by atomic mass is 32.2. The Bertz CT molecular complexity index is 381. The molecule has 1 atom stereocenters. The second-order valence-corrected chi connectivity index (χ2v) is 4.08. The predicted molar refractivity (Wildman–Crippen MR) is 65.0 cm³/mol. The first-order valence-corrected chi connectivity index (χ1v) is 5.96. The maximum Gasteiger partial charge on any atom is 0.235 e. The number of ether oxygens (including phenoxy) is 2. The van der Waals surface area contributed by atoms with Crippen LogP contribution < -0.4 is 15.2 Å². The average Bonchev–Trinajstić information content (AvgIpc) is 2.29. The number of carbonyl (C=O) groups is 1. The Hall–Kier alpha value is -1.36. The van der Waals surface area contributed by atoms with Crippen LogP contribution in [0.4, 0.5) is 0 Å². The largest absolute Gasteiger partial charge is 0.493 e. The van der Waals surface area contributed by atoms with Crippen LogP contribution in [-0.2, 0) is 4.79 Å². The standard InChI is InChI=1S/C11H15NO3S/c1-14-8-5-4-7(6-9(8)15-2)10(16-3)11(12)13/h4-6,10H,1-3H3,(H2,12,13). The fourth-order valence-electron chi connectivity index (χ4n) is 1.43. The van der Waals surface area contributed by atoms with E-state index in [0.29, 0.717) is 11.5 Å². The smallest absolute Gasteiger partial charge is 0.235 e. The molecular formula is C11H15NO3S. The van der Waals surface area contributed by atoms with Gasteiger partial charge in [-0.25, -0.2) is 0 Å². The molecule has 0 saturated carbocycles. The third-order valence-corrected chi connectivity index (χ3v) is 3.18. The van der Waals surface area contributed by atoms with Crippen LogP contribution in [0.2, 0.25) is 0 Å². The van der Waals surface area contributed by atoms with Crippen LogP contribution in [0, 0.1) is 0 Å². The molecule has 0 aliphatic rings. The molecule has 0 heterocycles. The number of thioether (sulfide) groups is 1. The zero-order valence-corrected chi connectivity index (χ0v) is 10.3. The van der Waals surface area contributed by atoms with Crippen molar-refractivity contribution in [2.75, 3.05) is 20.5 Å². The first kappa shape index (κ1) is 12.7. The Morgan fingerprint density at radius 2 is 1.94 bits per heavy atom. The number of methoxy groups -OCH3 is 2. The van der Waals surface area contributed by atoms with Crippen LogP contribution in [0.3, 0.4) is 0 Å². The number of amides is 1. The van der Waals surface area contributed by atoms with Gasteiger partial charge in [0.2, 0.25) is 5.91 Å². The summed E-state index contributed by atoms with van der Waals surface area (Å²) in [5.41, 5.74) is 6.13. The quantitative estimate of drug-likeness (QED) is 0.850. The molecule has 88 valence electrons. The minimum atomic E-state index is -0.361. The summed E-state index contributed by atoms with van der Waals surface area (Å²) in [6, 6.07) is 5.35. The third-order valence-electron chi connectivity index (χ3n) is 2.20. The van der Waals surface area contributed by atoms with Crippen LogP contribution >= 0.6 is 11.8 Å². The summed E-state index contributed by atoms with van der Waals surface area (Å²) in [5.74, 6) is 0.871. The van der Waals surface area contributed by atoms with Crippen molar-refractivity contribution < 1.29 is 14.3 Å². The van der Waals surface area contributed by atoms with Crippen LogP contribution in [0.5, 0.6) is 11.5 Å². The normalized spacial score (nSPS) is 11.9. The van der Waals surface area contributed by atoms with Gasteiger partial charge >= 0.3 is 0 Å². The van der Waals surface area contributed by atoms with E-state index in [1.165, 1.54) is 11.8 Å². The van der Waals surface area contributed by atoms with E-state index in [-0.39, 0.29) is 11.2 Å². The Morgan fingerprint density at radius 1 is 1.31 bits per heavy atom. The number of nitrogens with two attached hydrogens (primary N) is 1. The van der Waals surface area contributed by atoms with Gasteiger partial charge in [-0.05, 0) is 24.0 Å². The molecule has 0 aliphatic heterocycles. The topological polar surface area (TPSA) is 61.5 Å². The molecule has 0 aliphatic carbocycles. The lowest BCUT2D eigenvalue weighted by molar-refractivity contribution is -0.117. The molecule has 1 amide bonds. The van der Waals surface area contributed by atoms with Crippen LogP contribution in [-0.4, -0.2) is 26.4 Å². The molecule has 1 rings (SSSR count). The maximum absolute atomic E-state index is 11.2. The lowest BCUT2D eigenvalue weighted by atomic mass is 10.1. The van der Waals surface area contributed by atoms with Gasteiger partial charge < -0.3 is 15.2 Å². The molecule has 0 fully saturated rings. The van der Waals surface area contributed by atoms with Crippen molar-refractivity contribution in [1.29, 1.82) is 0 Å². The molecular weight excluding hydrogens is 226 g/mol. The van der Waals surface area contributed by atoms with Crippen molar-refractivity contribution in [3.8, 4) is 11.5 Å². The molecule has 16 heavy (non-hydrogen) atoms. The van der Waals surface area contributed by atoms with E-state index in [4.69, 9.17) is 15.2 Å². The van der Waals surface area contributed by atoms with Gasteiger partial charge in [0.05, 0.1) is 14.2 Å². The average molecular weight is 241 g/mol. The molecule has 0 aromatic heterocycles. The molecule has 0 bridgehead atoms. The predicted octanol–water partition coefficient (Wildman–Crippen LogP) is 1.59. The lowest BCUT2D eigenvalue weighted by Gasteiger charge is -2.14. The summed E-state index contributed by atoms with van der Waals surface area (Å²) in [5, 5.41) is -0.361. The van der Waals surface area contributed by atoms with Crippen molar-refractivity contribution in [2.45, 2.75) is 5.25 Å². The molecule has 0 saturated heterocycles. The highest BCUT2D eigenvalue weighted by Crippen LogP contribution is 2.34. The SMILES string of the molecule is COc1ccc(C(SC)C(N)=O)cc1OC. The molecule has 4 nitrogen and oxygen atoms in total. The molecule has 5 heteroatoms. The van der Waals surface area contributed by atoms with Crippen molar-refractivity contribution >= 4 is 17.7 Å². The minimum Gasteiger partial charge on any atom is -0.493 e. The Kier molecular flexibility index (Phi) is 4.49. The summed E-state index contributed by atoms with van der Waals surface area (Å²) in [7, 11) is 3.12. The van der Waals surface area contributed by atoms with Gasteiger partial charge in [-0.3, -0.25) is 4.79 Å². The first-order valence-electron chi connectivity index (χ1n) is 4.68. The van der Waals surface area contributed by atoms with E-state index >= 15 is 0 Å². The molecule has 0 radical (unpaired) electrons. The highest BCUT2D eigenvalue weighted by molar-refractivity contribution is 7.99. The first-order chi connectivity index (χ1) is 7.63. The molecule has 1 unspecified atom stereocenters. The van der Waals surface area contributed by atoms with Gasteiger partial charge in [0.1, 0.15) is 5.25 Å². The molecule has 2 N–H and O–H groups in total. The van der Waals surface area contributed by atoms with Gasteiger partial charge in [0, 0.05) is 0 Å². The second-order valence-electron chi connectivity index (χ2n) is 3.13. The maximum atomic E-state index is 11.2. The zero-order chi connectivity index (χ0) is 12.1. The molecule has 0 spiro atoms. The summed E-state index contributed by atoms with van der Waals surface area (Å²) in [6.45, 7) is 0. The monoisotopic (exact) mass is 241 g/mol. The van der Waals surface area contributed by atoms with Gasteiger partial charge in [-0.15, -0.1) is 11.8 Å². The molecule has 1 aromatic rings. The van der Waals surface area contributed by atoms with Crippen molar-refractivity contribution in [3.63, 3.8) is 0 Å². The van der Waals surface area contributed by atoms with Gasteiger partial charge in [-0.2, -0.15) is 0 Å². The summed E-state index contributed by atoms with van der Waals surface area (Å²) < 4.78 is 10.3. The van der Waals surface area contributed by atoms with E-state index in [1.807, 2.05) is 12.3 Å². The van der Waals surface area contributed by atoms with Gasteiger partial charge in [-0.1, -0.05) is 6.07 Å². The van der Waals surface area contributed by atoms with Crippen LogP contribution in [0.1, 0.15) is 10.8 Å². The van der Waals surface area contributed by atoms with Gasteiger partial charge in [0.15, 0.2) is 11.5 Å². The number of rotatable bonds is 5. The van der Waals surface area contributed by atoms with Crippen LogP contribution in [0.25, 0.3) is 0 Å². The summed E-state index contributed by atoms with van der Waals surface area (Å²) in [6.07, 6.45) is 1.84. The van der Waals surface area contributed by atoms with Crippen molar-refractivity contribution in [2.24, 2.45) is 5.73 Å². The minimum absolute atomic E-state index is 0.361. The number of benzene rings is 1. The summed E-state index contributed by atoms with van der Waals surface area (Å²) >= 11 is 1.39. The number of primary amides is 1. The Labute approximate surface area is 99.1 Å². The number of hydrogen-bond acceptors (Lipinski definition) is 4. The fourth-order valence-corrected chi connectivity index (χ4v) is 2.08. The zero-order valence-electron chi connectivity index (χ0n) is 9.52. The fraction of sp³-hybridized carbons (Fsp3) is 0.364. The van der Waals surface area contributed by atoms with Crippen LogP contribution in [0.15, 0.2) is 18.2 Å². The van der Waals surface area contributed by atoms with E-state index < -0.39 is 0 Å². The summed E-state index contributed by atoms with van der Waals surface area (Å²) in [4.78, 5) is 11.2. The Morgan fingerprint density at radius 3 is 2.38 bits per heavy atom. The number of hydrogen-bond donors (Lipinski definition) is 1. The van der Waals surface area contributed by atoms with E-state index in [9.17, 15) is 4.79 Å². The van der Waals surface area contributed by atoms with E-state index in [2.05, 4.69) is 0 Å². The van der Waals surface area contributed by atoms with Crippen molar-refractivity contribution in [1.82, 2.24) is 0 Å². The lowest BCUT2D eigenvalue weighted by Crippen LogP contribution is -2.18. The van der Waals surface area contributed by atoms with Gasteiger partial charge in [0.25, 0.3) is 0 Å². The highest BCUT2D eigenvalue weighted by Gasteiger charge is 2.18. The van der Waals surface area contributed by atoms with Crippen molar-refractivity contribution in [3.05, 3.63) is 23.8 Å². The second kappa shape index (κ2) is 5.65.